The van der Waals surface area contributed by atoms with Crippen LogP contribution < -0.4 is 16.0 Å². The minimum atomic E-state index is -0.106. The van der Waals surface area contributed by atoms with E-state index in [0.717, 1.165) is 28.3 Å². The van der Waals surface area contributed by atoms with E-state index in [-0.39, 0.29) is 5.91 Å². The van der Waals surface area contributed by atoms with Gasteiger partial charge in [0.05, 0.1) is 0 Å². The van der Waals surface area contributed by atoms with Crippen LogP contribution in [0.4, 0.5) is 28.8 Å². The molecule has 0 bridgehead atoms. The van der Waals surface area contributed by atoms with Gasteiger partial charge in [0.2, 0.25) is 11.9 Å². The third-order valence-corrected chi connectivity index (χ3v) is 3.95. The molecule has 138 valence electrons. The molecule has 0 unspecified atom stereocenters. The van der Waals surface area contributed by atoms with E-state index in [1.54, 1.807) is 0 Å². The quantitative estimate of drug-likeness (QED) is 0.605. The molecule has 0 saturated heterocycles. The first-order valence-electron chi connectivity index (χ1n) is 8.74. The summed E-state index contributed by atoms with van der Waals surface area (Å²) in [6.07, 6.45) is 0. The highest BCUT2D eigenvalue weighted by Crippen LogP contribution is 2.23. The summed E-state index contributed by atoms with van der Waals surface area (Å²) in [7, 11) is 0. The normalized spacial score (nSPS) is 10.4. The van der Waals surface area contributed by atoms with Crippen LogP contribution in [-0.2, 0) is 4.79 Å². The van der Waals surface area contributed by atoms with Crippen molar-refractivity contribution in [1.82, 2.24) is 9.97 Å². The first kappa shape index (κ1) is 18.4. The standard InChI is InChI=1S/C21H23N5O/c1-13-8-9-14(2)19(10-13)25-21-22-15(3)11-20(26-21)24-18-7-5-6-17(12-18)23-16(4)27/h5-12H,1-4H3,(H,23,27)(H2,22,24,25,26). The smallest absolute Gasteiger partial charge is 0.229 e. The van der Waals surface area contributed by atoms with Gasteiger partial charge in [0.15, 0.2) is 0 Å². The minimum Gasteiger partial charge on any atom is -0.340 e. The van der Waals surface area contributed by atoms with Gasteiger partial charge >= 0.3 is 0 Å². The lowest BCUT2D eigenvalue weighted by Crippen LogP contribution is -2.06. The topological polar surface area (TPSA) is 78.9 Å². The van der Waals surface area contributed by atoms with Gasteiger partial charge < -0.3 is 16.0 Å². The molecule has 2 aromatic carbocycles. The number of hydrogen-bond acceptors (Lipinski definition) is 5. The Hall–Kier alpha value is -3.41. The molecule has 3 N–H and O–H groups in total. The van der Waals surface area contributed by atoms with E-state index in [1.165, 1.54) is 12.5 Å². The van der Waals surface area contributed by atoms with Gasteiger partial charge in [0, 0.05) is 35.7 Å². The Bertz CT molecular complexity index is 984. The number of carbonyl (C=O) groups is 1. The molecule has 1 heterocycles. The predicted octanol–water partition coefficient (Wildman–Crippen LogP) is 4.85. The highest BCUT2D eigenvalue weighted by Gasteiger charge is 2.06. The average Bonchev–Trinajstić information content (AvgIpc) is 2.57. The highest BCUT2D eigenvalue weighted by molar-refractivity contribution is 5.89. The lowest BCUT2D eigenvalue weighted by Gasteiger charge is -2.12. The molecular weight excluding hydrogens is 338 g/mol. The van der Waals surface area contributed by atoms with Gasteiger partial charge in [-0.15, -0.1) is 0 Å². The summed E-state index contributed by atoms with van der Waals surface area (Å²) in [5, 5.41) is 9.34. The van der Waals surface area contributed by atoms with Crippen LogP contribution in [-0.4, -0.2) is 15.9 Å². The molecular formula is C21H23N5O. The Morgan fingerprint density at radius 2 is 1.67 bits per heavy atom. The average molecular weight is 361 g/mol. The van der Waals surface area contributed by atoms with E-state index in [1.807, 2.05) is 44.2 Å². The largest absolute Gasteiger partial charge is 0.340 e. The summed E-state index contributed by atoms with van der Waals surface area (Å²) in [4.78, 5) is 20.3. The number of aryl methyl sites for hydroxylation is 3. The Labute approximate surface area is 159 Å². The number of rotatable bonds is 5. The molecule has 0 spiro atoms. The zero-order valence-corrected chi connectivity index (χ0v) is 15.9. The zero-order valence-electron chi connectivity index (χ0n) is 15.9. The van der Waals surface area contributed by atoms with Crippen molar-refractivity contribution in [2.24, 2.45) is 0 Å². The molecule has 0 aliphatic rings. The third-order valence-electron chi connectivity index (χ3n) is 3.95. The molecule has 0 fully saturated rings. The number of amides is 1. The van der Waals surface area contributed by atoms with Crippen LogP contribution in [0, 0.1) is 20.8 Å². The van der Waals surface area contributed by atoms with Crippen LogP contribution in [0.3, 0.4) is 0 Å². The second-order valence-electron chi connectivity index (χ2n) is 6.55. The summed E-state index contributed by atoms with van der Waals surface area (Å²) in [6, 6.07) is 15.6. The van der Waals surface area contributed by atoms with Crippen LogP contribution in [0.1, 0.15) is 23.7 Å². The molecule has 6 heteroatoms. The summed E-state index contributed by atoms with van der Waals surface area (Å²) in [5.74, 6) is 1.10. The van der Waals surface area contributed by atoms with E-state index in [0.29, 0.717) is 11.8 Å². The Kier molecular flexibility index (Phi) is 5.35. The van der Waals surface area contributed by atoms with Gasteiger partial charge in [-0.25, -0.2) is 4.98 Å². The fraction of sp³-hybridized carbons (Fsp3) is 0.190. The Morgan fingerprint density at radius 1 is 0.889 bits per heavy atom. The SMILES string of the molecule is CC(=O)Nc1cccc(Nc2cc(C)nc(Nc3cc(C)ccc3C)n2)c1. The summed E-state index contributed by atoms with van der Waals surface area (Å²) >= 11 is 0. The fourth-order valence-corrected chi connectivity index (χ4v) is 2.71. The molecule has 3 aromatic rings. The molecule has 1 aromatic heterocycles. The number of carbonyl (C=O) groups excluding carboxylic acids is 1. The minimum absolute atomic E-state index is 0.106. The van der Waals surface area contributed by atoms with Crippen molar-refractivity contribution in [1.29, 1.82) is 0 Å². The lowest BCUT2D eigenvalue weighted by molar-refractivity contribution is -0.114. The van der Waals surface area contributed by atoms with E-state index >= 15 is 0 Å². The van der Waals surface area contributed by atoms with E-state index in [2.05, 4.69) is 51.0 Å². The zero-order chi connectivity index (χ0) is 19.4. The van der Waals surface area contributed by atoms with Crippen molar-refractivity contribution in [2.75, 3.05) is 16.0 Å². The molecule has 0 saturated carbocycles. The first-order chi connectivity index (χ1) is 12.9. The number of hydrogen-bond donors (Lipinski definition) is 3. The molecule has 1 amide bonds. The molecule has 0 aliphatic carbocycles. The van der Waals surface area contributed by atoms with Gasteiger partial charge in [-0.2, -0.15) is 4.98 Å². The van der Waals surface area contributed by atoms with Gasteiger partial charge in [0.25, 0.3) is 0 Å². The molecule has 0 atom stereocenters. The van der Waals surface area contributed by atoms with Crippen molar-refractivity contribution in [3.05, 3.63) is 65.4 Å². The second-order valence-corrected chi connectivity index (χ2v) is 6.55. The Morgan fingerprint density at radius 3 is 2.44 bits per heavy atom. The molecule has 27 heavy (non-hydrogen) atoms. The number of benzene rings is 2. The monoisotopic (exact) mass is 361 g/mol. The van der Waals surface area contributed by atoms with Crippen LogP contribution in [0.15, 0.2) is 48.5 Å². The van der Waals surface area contributed by atoms with Gasteiger partial charge in [0.1, 0.15) is 5.82 Å². The second kappa shape index (κ2) is 7.86. The lowest BCUT2D eigenvalue weighted by atomic mass is 10.1. The van der Waals surface area contributed by atoms with E-state index in [4.69, 9.17) is 0 Å². The summed E-state index contributed by atoms with van der Waals surface area (Å²) < 4.78 is 0. The molecule has 6 nitrogen and oxygen atoms in total. The van der Waals surface area contributed by atoms with Gasteiger partial charge in [-0.1, -0.05) is 18.2 Å². The predicted molar refractivity (Wildman–Crippen MR) is 110 cm³/mol. The number of aromatic nitrogens is 2. The van der Waals surface area contributed by atoms with E-state index < -0.39 is 0 Å². The van der Waals surface area contributed by atoms with Crippen molar-refractivity contribution in [3.63, 3.8) is 0 Å². The fourth-order valence-electron chi connectivity index (χ4n) is 2.71. The first-order valence-corrected chi connectivity index (χ1v) is 8.74. The maximum Gasteiger partial charge on any atom is 0.229 e. The maximum absolute atomic E-state index is 11.2. The van der Waals surface area contributed by atoms with Crippen molar-refractivity contribution < 1.29 is 4.79 Å². The molecule has 0 radical (unpaired) electrons. The van der Waals surface area contributed by atoms with Crippen LogP contribution in [0.2, 0.25) is 0 Å². The number of anilines is 5. The molecule has 0 aliphatic heterocycles. The molecule has 3 rings (SSSR count). The van der Waals surface area contributed by atoms with Gasteiger partial charge in [-0.3, -0.25) is 4.79 Å². The number of nitrogens with zero attached hydrogens (tertiary/aromatic N) is 2. The van der Waals surface area contributed by atoms with Crippen LogP contribution in [0.5, 0.6) is 0 Å². The number of nitrogens with one attached hydrogen (secondary N) is 3. The maximum atomic E-state index is 11.2. The van der Waals surface area contributed by atoms with Crippen molar-refractivity contribution in [3.8, 4) is 0 Å². The summed E-state index contributed by atoms with van der Waals surface area (Å²) in [6.45, 7) is 7.51. The van der Waals surface area contributed by atoms with Gasteiger partial charge in [-0.05, 0) is 56.2 Å². The van der Waals surface area contributed by atoms with E-state index in [9.17, 15) is 4.79 Å². The van der Waals surface area contributed by atoms with Crippen molar-refractivity contribution in [2.45, 2.75) is 27.7 Å². The Balaban J connectivity index is 1.83. The van der Waals surface area contributed by atoms with Crippen LogP contribution in [0.25, 0.3) is 0 Å². The highest BCUT2D eigenvalue weighted by atomic mass is 16.1. The summed E-state index contributed by atoms with van der Waals surface area (Å²) in [5.41, 5.74) is 5.69. The van der Waals surface area contributed by atoms with Crippen molar-refractivity contribution >= 4 is 34.7 Å². The van der Waals surface area contributed by atoms with Crippen LogP contribution >= 0.6 is 0 Å². The third kappa shape index (κ3) is 5.04.